The van der Waals surface area contributed by atoms with E-state index < -0.39 is 0 Å². The van der Waals surface area contributed by atoms with Gasteiger partial charge in [0.1, 0.15) is 5.82 Å². The molecule has 2 heterocycles. The van der Waals surface area contributed by atoms with Crippen LogP contribution in [-0.4, -0.2) is 16.8 Å². The molecule has 0 aliphatic carbocycles. The van der Waals surface area contributed by atoms with Gasteiger partial charge in [0, 0.05) is 12.0 Å². The van der Waals surface area contributed by atoms with Crippen LogP contribution in [0.3, 0.4) is 0 Å². The van der Waals surface area contributed by atoms with Crippen molar-refractivity contribution in [3.8, 4) is 22.8 Å². The van der Waals surface area contributed by atoms with Crippen molar-refractivity contribution in [3.63, 3.8) is 0 Å². The molecule has 23 heavy (non-hydrogen) atoms. The molecule has 4 rings (SSSR count). The molecule has 2 aromatic carbocycles. The number of benzene rings is 2. The highest BCUT2D eigenvalue weighted by atomic mass is 35.5. The number of fused-ring (bicyclic) bond motifs is 1. The number of aromatic nitrogens is 2. The molecule has 0 saturated heterocycles. The van der Waals surface area contributed by atoms with Crippen molar-refractivity contribution in [1.29, 1.82) is 0 Å². The van der Waals surface area contributed by atoms with E-state index in [1.54, 1.807) is 12.3 Å². The second kappa shape index (κ2) is 5.80. The highest BCUT2D eigenvalue weighted by molar-refractivity contribution is 6.42. The Kier molecular flexibility index (Phi) is 3.63. The van der Waals surface area contributed by atoms with Gasteiger partial charge in [0.15, 0.2) is 11.5 Å². The SMILES string of the molecule is Clc1ccc(-c2cnc(Cc3ccc4c(c3)OCO4)[nH]2)cc1Cl. The second-order valence-electron chi connectivity index (χ2n) is 5.24. The van der Waals surface area contributed by atoms with Crippen LogP contribution in [0.5, 0.6) is 11.5 Å². The zero-order valence-electron chi connectivity index (χ0n) is 12.0. The average molecular weight is 347 g/mol. The fourth-order valence-electron chi connectivity index (χ4n) is 2.51. The molecule has 4 nitrogen and oxygen atoms in total. The maximum atomic E-state index is 6.06. The molecular formula is C17H12Cl2N2O2. The third-order valence-corrected chi connectivity index (χ3v) is 4.41. The number of aromatic amines is 1. The van der Waals surface area contributed by atoms with E-state index in [0.29, 0.717) is 16.5 Å². The van der Waals surface area contributed by atoms with Crippen molar-refractivity contribution < 1.29 is 9.47 Å². The van der Waals surface area contributed by atoms with E-state index in [4.69, 9.17) is 32.7 Å². The molecule has 0 bridgehead atoms. The Balaban J connectivity index is 1.57. The molecule has 0 amide bonds. The minimum atomic E-state index is 0.279. The summed E-state index contributed by atoms with van der Waals surface area (Å²) in [6, 6.07) is 11.4. The number of hydrogen-bond acceptors (Lipinski definition) is 3. The summed E-state index contributed by atoms with van der Waals surface area (Å²) in [7, 11) is 0. The van der Waals surface area contributed by atoms with Crippen molar-refractivity contribution in [2.45, 2.75) is 6.42 Å². The molecule has 0 atom stereocenters. The van der Waals surface area contributed by atoms with E-state index in [9.17, 15) is 0 Å². The molecule has 1 aliphatic heterocycles. The lowest BCUT2D eigenvalue weighted by atomic mass is 10.1. The molecule has 1 aromatic heterocycles. The van der Waals surface area contributed by atoms with Crippen LogP contribution < -0.4 is 9.47 Å². The van der Waals surface area contributed by atoms with Crippen molar-refractivity contribution in [3.05, 3.63) is 64.0 Å². The number of nitrogens with one attached hydrogen (secondary N) is 1. The topological polar surface area (TPSA) is 47.1 Å². The third kappa shape index (κ3) is 2.87. The fraction of sp³-hybridized carbons (Fsp3) is 0.118. The Hall–Kier alpha value is -2.17. The number of hydrogen-bond donors (Lipinski definition) is 1. The van der Waals surface area contributed by atoms with E-state index in [1.165, 1.54) is 0 Å². The summed E-state index contributed by atoms with van der Waals surface area (Å²) in [6.07, 6.45) is 2.47. The quantitative estimate of drug-likeness (QED) is 0.747. The predicted molar refractivity (Wildman–Crippen MR) is 89.4 cm³/mol. The van der Waals surface area contributed by atoms with E-state index >= 15 is 0 Å². The van der Waals surface area contributed by atoms with Gasteiger partial charge in [-0.15, -0.1) is 0 Å². The van der Waals surface area contributed by atoms with Crippen LogP contribution >= 0.6 is 23.2 Å². The molecular weight excluding hydrogens is 335 g/mol. The first-order valence-corrected chi connectivity index (χ1v) is 7.82. The van der Waals surface area contributed by atoms with Gasteiger partial charge in [0.05, 0.1) is 21.9 Å². The first-order chi connectivity index (χ1) is 11.2. The molecule has 6 heteroatoms. The van der Waals surface area contributed by atoms with E-state index in [-0.39, 0.29) is 6.79 Å². The Morgan fingerprint density at radius 3 is 2.74 bits per heavy atom. The lowest BCUT2D eigenvalue weighted by molar-refractivity contribution is 0.174. The summed E-state index contributed by atoms with van der Waals surface area (Å²) in [4.78, 5) is 7.74. The summed E-state index contributed by atoms with van der Waals surface area (Å²) in [6.45, 7) is 0.279. The summed E-state index contributed by atoms with van der Waals surface area (Å²) in [5, 5.41) is 1.06. The number of ether oxygens (including phenoxy) is 2. The first kappa shape index (κ1) is 14.4. The van der Waals surface area contributed by atoms with E-state index in [2.05, 4.69) is 9.97 Å². The summed E-state index contributed by atoms with van der Waals surface area (Å²) < 4.78 is 10.7. The Morgan fingerprint density at radius 2 is 1.87 bits per heavy atom. The normalized spacial score (nSPS) is 12.6. The lowest BCUT2D eigenvalue weighted by Crippen LogP contribution is -1.93. The van der Waals surface area contributed by atoms with Crippen molar-refractivity contribution in [1.82, 2.24) is 9.97 Å². The number of nitrogens with zero attached hydrogens (tertiary/aromatic N) is 1. The van der Waals surface area contributed by atoms with Gasteiger partial charge in [-0.3, -0.25) is 0 Å². The van der Waals surface area contributed by atoms with Crippen LogP contribution in [0, 0.1) is 0 Å². The van der Waals surface area contributed by atoms with E-state index in [0.717, 1.165) is 34.1 Å². The number of H-pyrrole nitrogens is 1. The second-order valence-corrected chi connectivity index (χ2v) is 6.05. The van der Waals surface area contributed by atoms with Crippen LogP contribution in [0.4, 0.5) is 0 Å². The van der Waals surface area contributed by atoms with Crippen molar-refractivity contribution in [2.24, 2.45) is 0 Å². The monoisotopic (exact) mass is 346 g/mol. The molecule has 3 aromatic rings. The predicted octanol–water partition coefficient (Wildman–Crippen LogP) is 4.70. The summed E-state index contributed by atoms with van der Waals surface area (Å²) >= 11 is 12.0. The number of rotatable bonds is 3. The maximum absolute atomic E-state index is 6.06. The molecule has 0 radical (unpaired) electrons. The molecule has 1 N–H and O–H groups in total. The maximum Gasteiger partial charge on any atom is 0.231 e. The Bertz CT molecular complexity index is 877. The molecule has 0 fully saturated rings. The number of imidazole rings is 1. The zero-order chi connectivity index (χ0) is 15.8. The molecule has 0 spiro atoms. The zero-order valence-corrected chi connectivity index (χ0v) is 13.5. The number of halogens is 2. The fourth-order valence-corrected chi connectivity index (χ4v) is 2.81. The molecule has 0 saturated carbocycles. The van der Waals surface area contributed by atoms with Crippen molar-refractivity contribution >= 4 is 23.2 Å². The lowest BCUT2D eigenvalue weighted by Gasteiger charge is -2.02. The molecule has 116 valence electrons. The van der Waals surface area contributed by atoms with Crippen molar-refractivity contribution in [2.75, 3.05) is 6.79 Å². The van der Waals surface area contributed by atoms with E-state index in [1.807, 2.05) is 30.3 Å². The summed E-state index contributed by atoms with van der Waals surface area (Å²) in [5.41, 5.74) is 2.95. The Labute approximate surface area is 143 Å². The molecule has 1 aliphatic rings. The van der Waals surface area contributed by atoms with Gasteiger partial charge < -0.3 is 14.5 Å². The van der Waals surface area contributed by atoms with Crippen LogP contribution in [0.1, 0.15) is 11.4 Å². The highest BCUT2D eigenvalue weighted by Gasteiger charge is 2.14. The van der Waals surface area contributed by atoms with Crippen LogP contribution in [0.25, 0.3) is 11.3 Å². The van der Waals surface area contributed by atoms with Crippen LogP contribution in [0.15, 0.2) is 42.6 Å². The highest BCUT2D eigenvalue weighted by Crippen LogP contribution is 2.33. The Morgan fingerprint density at radius 1 is 1.00 bits per heavy atom. The standard InChI is InChI=1S/C17H12Cl2N2O2/c18-12-3-2-11(7-13(12)19)14-8-20-17(21-14)6-10-1-4-15-16(5-10)23-9-22-15/h1-5,7-8H,6,9H2,(H,20,21). The van der Waals surface area contributed by atoms with Crippen LogP contribution in [-0.2, 0) is 6.42 Å². The van der Waals surface area contributed by atoms with Gasteiger partial charge >= 0.3 is 0 Å². The third-order valence-electron chi connectivity index (χ3n) is 3.67. The summed E-state index contributed by atoms with van der Waals surface area (Å²) in [5.74, 6) is 2.42. The van der Waals surface area contributed by atoms with Gasteiger partial charge in [0.25, 0.3) is 0 Å². The van der Waals surface area contributed by atoms with Crippen LogP contribution in [0.2, 0.25) is 10.0 Å². The van der Waals surface area contributed by atoms with Gasteiger partial charge in [-0.25, -0.2) is 4.98 Å². The van der Waals surface area contributed by atoms with Gasteiger partial charge in [-0.05, 0) is 29.8 Å². The minimum Gasteiger partial charge on any atom is -0.454 e. The minimum absolute atomic E-state index is 0.279. The largest absolute Gasteiger partial charge is 0.454 e. The first-order valence-electron chi connectivity index (χ1n) is 7.07. The molecule has 0 unspecified atom stereocenters. The van der Waals surface area contributed by atoms with Gasteiger partial charge in [-0.1, -0.05) is 35.3 Å². The average Bonchev–Trinajstić information content (AvgIpc) is 3.19. The van der Waals surface area contributed by atoms with Gasteiger partial charge in [0.2, 0.25) is 6.79 Å². The van der Waals surface area contributed by atoms with Gasteiger partial charge in [-0.2, -0.15) is 0 Å². The smallest absolute Gasteiger partial charge is 0.231 e.